The summed E-state index contributed by atoms with van der Waals surface area (Å²) in [6, 6.07) is 3.58. The molecule has 0 aromatic carbocycles. The van der Waals surface area contributed by atoms with Crippen LogP contribution < -0.4 is 5.56 Å². The number of aryl methyl sites for hydroxylation is 3. The van der Waals surface area contributed by atoms with E-state index in [1.165, 1.54) is 16.8 Å². The van der Waals surface area contributed by atoms with Crippen LogP contribution in [0.25, 0.3) is 0 Å². The van der Waals surface area contributed by atoms with Crippen LogP contribution >= 0.6 is 0 Å². The molecule has 0 spiro atoms. The number of pyridine rings is 1. The van der Waals surface area contributed by atoms with Crippen LogP contribution in [0.5, 0.6) is 0 Å². The first kappa shape index (κ1) is 16.5. The van der Waals surface area contributed by atoms with Gasteiger partial charge in [-0.2, -0.15) is 5.10 Å². The van der Waals surface area contributed by atoms with E-state index in [0.29, 0.717) is 6.54 Å². The molecule has 120 valence electrons. The van der Waals surface area contributed by atoms with Crippen LogP contribution in [-0.2, 0) is 26.6 Å². The van der Waals surface area contributed by atoms with Gasteiger partial charge in [0.2, 0.25) is 0 Å². The van der Waals surface area contributed by atoms with Gasteiger partial charge in [-0.15, -0.1) is 0 Å². The summed E-state index contributed by atoms with van der Waals surface area (Å²) in [4.78, 5) is 13.9. The number of likely N-dealkylation sites (N-methyl/N-ethyl adjacent to an activating group) is 1. The number of nitrogens with zero attached hydrogens (tertiary/aromatic N) is 4. The van der Waals surface area contributed by atoms with E-state index in [1.807, 2.05) is 30.9 Å². The molecule has 2 aromatic rings. The first-order valence-corrected chi connectivity index (χ1v) is 7.79. The highest BCUT2D eigenvalue weighted by molar-refractivity contribution is 5.24. The molecule has 2 heterocycles. The normalized spacial score (nSPS) is 11.4. The van der Waals surface area contributed by atoms with E-state index in [-0.39, 0.29) is 5.56 Å². The topological polar surface area (TPSA) is 43.1 Å². The molecular formula is C17H26N4O. The fourth-order valence-electron chi connectivity index (χ4n) is 2.79. The molecular weight excluding hydrogens is 276 g/mol. The van der Waals surface area contributed by atoms with E-state index in [9.17, 15) is 4.79 Å². The van der Waals surface area contributed by atoms with Crippen LogP contribution in [0.3, 0.4) is 0 Å². The molecule has 0 saturated heterocycles. The Labute approximate surface area is 132 Å². The lowest BCUT2D eigenvalue weighted by Crippen LogP contribution is -2.23. The van der Waals surface area contributed by atoms with Crippen LogP contribution in [0.2, 0.25) is 0 Å². The largest absolute Gasteiger partial charge is 0.315 e. The van der Waals surface area contributed by atoms with Gasteiger partial charge in [-0.1, -0.05) is 6.07 Å². The molecule has 5 nitrogen and oxygen atoms in total. The first-order chi connectivity index (χ1) is 10.4. The Balaban J connectivity index is 1.98. The quantitative estimate of drug-likeness (QED) is 0.818. The average Bonchev–Trinajstić information content (AvgIpc) is 2.72. The van der Waals surface area contributed by atoms with Gasteiger partial charge in [-0.3, -0.25) is 9.48 Å². The van der Waals surface area contributed by atoms with E-state index in [2.05, 4.69) is 30.9 Å². The lowest BCUT2D eigenvalue weighted by molar-refractivity contribution is 0.329. The zero-order chi connectivity index (χ0) is 16.3. The summed E-state index contributed by atoms with van der Waals surface area (Å²) < 4.78 is 3.69. The van der Waals surface area contributed by atoms with E-state index in [0.717, 1.165) is 25.2 Å². The Morgan fingerprint density at radius 1 is 1.27 bits per heavy atom. The maximum Gasteiger partial charge on any atom is 0.250 e. The van der Waals surface area contributed by atoms with Crippen LogP contribution in [0.1, 0.15) is 29.4 Å². The lowest BCUT2D eigenvalue weighted by atomic mass is 10.1. The van der Waals surface area contributed by atoms with Gasteiger partial charge in [0.25, 0.3) is 5.56 Å². The molecule has 2 rings (SSSR count). The van der Waals surface area contributed by atoms with Crippen molar-refractivity contribution in [2.24, 2.45) is 7.05 Å². The smallest absolute Gasteiger partial charge is 0.250 e. The van der Waals surface area contributed by atoms with Crippen LogP contribution in [0.15, 0.2) is 23.1 Å². The average molecular weight is 302 g/mol. The summed E-state index contributed by atoms with van der Waals surface area (Å²) in [7, 11) is 4.10. The molecule has 0 saturated carbocycles. The van der Waals surface area contributed by atoms with E-state index in [4.69, 9.17) is 0 Å². The molecule has 5 heteroatoms. The summed E-state index contributed by atoms with van der Waals surface area (Å²) in [5, 5.41) is 4.47. The number of aromatic nitrogens is 3. The highest BCUT2D eigenvalue weighted by atomic mass is 16.1. The van der Waals surface area contributed by atoms with E-state index in [1.54, 1.807) is 10.6 Å². The van der Waals surface area contributed by atoms with Gasteiger partial charge in [-0.25, -0.2) is 0 Å². The van der Waals surface area contributed by atoms with Crippen molar-refractivity contribution in [3.05, 3.63) is 51.2 Å². The Hall–Kier alpha value is -1.88. The molecule has 0 aliphatic heterocycles. The van der Waals surface area contributed by atoms with Gasteiger partial charge in [0.05, 0.1) is 5.69 Å². The lowest BCUT2D eigenvalue weighted by Gasteiger charge is -2.17. The van der Waals surface area contributed by atoms with Crippen molar-refractivity contribution in [2.75, 3.05) is 13.6 Å². The van der Waals surface area contributed by atoms with Gasteiger partial charge >= 0.3 is 0 Å². The van der Waals surface area contributed by atoms with Crippen molar-refractivity contribution in [3.8, 4) is 0 Å². The van der Waals surface area contributed by atoms with Crippen LogP contribution in [0.4, 0.5) is 0 Å². The fraction of sp³-hybridized carbons (Fsp3) is 0.529. The maximum absolute atomic E-state index is 11.6. The summed E-state index contributed by atoms with van der Waals surface area (Å²) in [6.07, 6.45) is 2.95. The zero-order valence-corrected chi connectivity index (χ0v) is 14.3. The standard InChI is InChI=1S/C17H26N4O/c1-6-21-12-15(7-8-17(21)22)11-19(4)10-9-16-13(2)18-20(5)14(16)3/h7-8,12H,6,9-11H2,1-5H3. The predicted octanol–water partition coefficient (Wildman–Crippen LogP) is 1.89. The van der Waals surface area contributed by atoms with Crippen molar-refractivity contribution >= 4 is 0 Å². The van der Waals surface area contributed by atoms with Gasteiger partial charge in [0, 0.05) is 44.6 Å². The summed E-state index contributed by atoms with van der Waals surface area (Å²) in [6.45, 7) is 8.70. The second kappa shape index (κ2) is 6.92. The Morgan fingerprint density at radius 3 is 2.59 bits per heavy atom. The molecule has 0 radical (unpaired) electrons. The Bertz CT molecular complexity index is 699. The molecule has 0 atom stereocenters. The minimum atomic E-state index is 0.0653. The third kappa shape index (κ3) is 3.65. The Morgan fingerprint density at radius 2 is 2.00 bits per heavy atom. The number of hydrogen-bond acceptors (Lipinski definition) is 3. The second-order valence-electron chi connectivity index (χ2n) is 5.92. The predicted molar refractivity (Wildman–Crippen MR) is 89.1 cm³/mol. The molecule has 0 aliphatic carbocycles. The highest BCUT2D eigenvalue weighted by Crippen LogP contribution is 2.13. The van der Waals surface area contributed by atoms with Gasteiger partial charge in [0.15, 0.2) is 0 Å². The van der Waals surface area contributed by atoms with Crippen molar-refractivity contribution in [3.63, 3.8) is 0 Å². The molecule has 22 heavy (non-hydrogen) atoms. The summed E-state index contributed by atoms with van der Waals surface area (Å²) in [5.74, 6) is 0. The van der Waals surface area contributed by atoms with Crippen LogP contribution in [-0.4, -0.2) is 32.8 Å². The van der Waals surface area contributed by atoms with E-state index >= 15 is 0 Å². The highest BCUT2D eigenvalue weighted by Gasteiger charge is 2.10. The van der Waals surface area contributed by atoms with E-state index < -0.39 is 0 Å². The summed E-state index contributed by atoms with van der Waals surface area (Å²) >= 11 is 0. The van der Waals surface area contributed by atoms with Crippen LogP contribution in [0, 0.1) is 13.8 Å². The molecule has 0 amide bonds. The molecule has 0 bridgehead atoms. The minimum Gasteiger partial charge on any atom is -0.315 e. The van der Waals surface area contributed by atoms with Crippen molar-refractivity contribution < 1.29 is 0 Å². The third-order valence-corrected chi connectivity index (χ3v) is 4.24. The fourth-order valence-corrected chi connectivity index (χ4v) is 2.79. The van der Waals surface area contributed by atoms with Gasteiger partial charge < -0.3 is 9.47 Å². The zero-order valence-electron chi connectivity index (χ0n) is 14.3. The second-order valence-corrected chi connectivity index (χ2v) is 5.92. The SMILES string of the molecule is CCn1cc(CN(C)CCc2c(C)nn(C)c2C)ccc1=O. The molecule has 0 unspecified atom stereocenters. The minimum absolute atomic E-state index is 0.0653. The maximum atomic E-state index is 11.6. The molecule has 2 aromatic heterocycles. The monoisotopic (exact) mass is 302 g/mol. The first-order valence-electron chi connectivity index (χ1n) is 7.79. The molecule has 0 N–H and O–H groups in total. The molecule has 0 aliphatic rings. The van der Waals surface area contributed by atoms with Crippen molar-refractivity contribution in [2.45, 2.75) is 40.3 Å². The Kier molecular flexibility index (Phi) is 5.19. The van der Waals surface area contributed by atoms with Gasteiger partial charge in [0.1, 0.15) is 0 Å². The summed E-state index contributed by atoms with van der Waals surface area (Å²) in [5.41, 5.74) is 4.94. The third-order valence-electron chi connectivity index (χ3n) is 4.24. The van der Waals surface area contributed by atoms with Crippen molar-refractivity contribution in [1.82, 2.24) is 19.2 Å². The number of rotatable bonds is 6. The number of hydrogen-bond donors (Lipinski definition) is 0. The molecule has 0 fully saturated rings. The van der Waals surface area contributed by atoms with Crippen molar-refractivity contribution in [1.29, 1.82) is 0 Å². The van der Waals surface area contributed by atoms with Gasteiger partial charge in [-0.05, 0) is 45.4 Å².